The SMILES string of the molecule is CCCCCCCCCCCCCCCCCCCC/C=C/CCCC(O)C(O)C(CO)NC(=O)C(O)CCCCCCCCCCCCCCCCCCCCCCCCC. The van der Waals surface area contributed by atoms with Crippen molar-refractivity contribution in [1.82, 2.24) is 5.32 Å². The van der Waals surface area contributed by atoms with Crippen LogP contribution in [0.15, 0.2) is 12.2 Å². The maximum atomic E-state index is 12.6. The van der Waals surface area contributed by atoms with E-state index in [-0.39, 0.29) is 0 Å². The van der Waals surface area contributed by atoms with E-state index >= 15 is 0 Å². The van der Waals surface area contributed by atoms with Crippen molar-refractivity contribution in [3.05, 3.63) is 12.2 Å². The number of nitrogens with one attached hydrogen (secondary N) is 1. The monoisotopic (exact) mass is 878 g/mol. The van der Waals surface area contributed by atoms with E-state index in [1.54, 1.807) is 0 Å². The van der Waals surface area contributed by atoms with Crippen LogP contribution in [-0.2, 0) is 4.79 Å². The number of hydrogen-bond acceptors (Lipinski definition) is 5. The van der Waals surface area contributed by atoms with Crippen LogP contribution >= 0.6 is 0 Å². The highest BCUT2D eigenvalue weighted by Gasteiger charge is 2.28. The smallest absolute Gasteiger partial charge is 0.249 e. The fourth-order valence-corrected chi connectivity index (χ4v) is 9.06. The first-order chi connectivity index (χ1) is 30.5. The number of carbonyl (C=O) groups is 1. The topological polar surface area (TPSA) is 110 Å². The van der Waals surface area contributed by atoms with Gasteiger partial charge in [-0.2, -0.15) is 0 Å². The number of hydrogen-bond donors (Lipinski definition) is 5. The van der Waals surface area contributed by atoms with Gasteiger partial charge in [0, 0.05) is 0 Å². The molecule has 0 heterocycles. The molecule has 370 valence electrons. The quantitative estimate of drug-likeness (QED) is 0.0309. The van der Waals surface area contributed by atoms with E-state index in [0.29, 0.717) is 12.8 Å². The largest absolute Gasteiger partial charge is 0.394 e. The van der Waals surface area contributed by atoms with Crippen molar-refractivity contribution in [2.75, 3.05) is 6.61 Å². The Labute approximate surface area is 387 Å². The molecule has 0 aromatic rings. The van der Waals surface area contributed by atoms with Crippen LogP contribution in [0.3, 0.4) is 0 Å². The molecule has 6 heteroatoms. The standard InChI is InChI=1S/C56H111NO5/c1-3-5-7-9-11-13-15-17-19-21-23-25-27-29-31-33-35-37-39-41-43-45-47-49-53(59)55(61)52(51-58)57-56(62)54(60)50-48-46-44-42-40-38-36-34-32-30-28-26-24-22-20-18-16-14-12-10-8-6-4-2/h41,43,52-55,58-61H,3-40,42,44-51H2,1-2H3,(H,57,62)/b43-41+. The first-order valence-electron chi connectivity index (χ1n) is 28.1. The Morgan fingerprint density at radius 3 is 0.968 bits per heavy atom. The Morgan fingerprint density at radius 1 is 0.387 bits per heavy atom. The molecular formula is C56H111NO5. The number of carbonyl (C=O) groups excluding carboxylic acids is 1. The van der Waals surface area contributed by atoms with Gasteiger partial charge in [-0.05, 0) is 38.5 Å². The van der Waals surface area contributed by atoms with Gasteiger partial charge in [-0.25, -0.2) is 0 Å². The summed E-state index contributed by atoms with van der Waals surface area (Å²) in [4.78, 5) is 12.6. The average Bonchev–Trinajstić information content (AvgIpc) is 3.28. The first-order valence-corrected chi connectivity index (χ1v) is 28.1. The van der Waals surface area contributed by atoms with Crippen molar-refractivity contribution in [3.8, 4) is 0 Å². The minimum atomic E-state index is -1.28. The van der Waals surface area contributed by atoms with E-state index in [4.69, 9.17) is 0 Å². The second-order valence-electron chi connectivity index (χ2n) is 19.6. The predicted octanol–water partition coefficient (Wildman–Crippen LogP) is 16.1. The second-order valence-corrected chi connectivity index (χ2v) is 19.6. The van der Waals surface area contributed by atoms with Gasteiger partial charge in [0.05, 0.1) is 18.8 Å². The number of aliphatic hydroxyl groups is 4. The molecule has 0 aliphatic rings. The lowest BCUT2D eigenvalue weighted by molar-refractivity contribution is -0.132. The molecule has 4 atom stereocenters. The van der Waals surface area contributed by atoms with Gasteiger partial charge in [0.1, 0.15) is 12.2 Å². The highest BCUT2D eigenvalue weighted by molar-refractivity contribution is 5.80. The normalized spacial score (nSPS) is 13.8. The zero-order chi connectivity index (χ0) is 45.2. The molecule has 62 heavy (non-hydrogen) atoms. The zero-order valence-corrected chi connectivity index (χ0v) is 41.9. The van der Waals surface area contributed by atoms with Crippen LogP contribution < -0.4 is 5.32 Å². The van der Waals surface area contributed by atoms with Gasteiger partial charge in [-0.3, -0.25) is 4.79 Å². The van der Waals surface area contributed by atoms with Crippen LogP contribution in [0, 0.1) is 0 Å². The molecule has 0 rings (SSSR count). The average molecular weight is 879 g/mol. The highest BCUT2D eigenvalue weighted by Crippen LogP contribution is 2.18. The third kappa shape index (κ3) is 44.3. The number of aliphatic hydroxyl groups excluding tert-OH is 4. The minimum Gasteiger partial charge on any atom is -0.394 e. The Morgan fingerprint density at radius 2 is 0.661 bits per heavy atom. The molecule has 4 unspecified atom stereocenters. The molecule has 1 amide bonds. The van der Waals surface area contributed by atoms with Gasteiger partial charge >= 0.3 is 0 Å². The molecule has 6 nitrogen and oxygen atoms in total. The van der Waals surface area contributed by atoms with Gasteiger partial charge in [0.15, 0.2) is 0 Å². The lowest BCUT2D eigenvalue weighted by Crippen LogP contribution is -2.53. The molecule has 0 aliphatic carbocycles. The van der Waals surface area contributed by atoms with Gasteiger partial charge in [-0.15, -0.1) is 0 Å². The van der Waals surface area contributed by atoms with E-state index < -0.39 is 36.9 Å². The third-order valence-electron chi connectivity index (χ3n) is 13.5. The van der Waals surface area contributed by atoms with E-state index in [1.165, 1.54) is 244 Å². The van der Waals surface area contributed by atoms with E-state index in [0.717, 1.165) is 38.5 Å². The Bertz CT molecular complexity index is 898. The summed E-state index contributed by atoms with van der Waals surface area (Å²) >= 11 is 0. The van der Waals surface area contributed by atoms with Crippen molar-refractivity contribution in [2.45, 2.75) is 334 Å². The summed E-state index contributed by atoms with van der Waals surface area (Å²) < 4.78 is 0. The summed E-state index contributed by atoms with van der Waals surface area (Å²) in [5, 5.41) is 44.0. The molecule has 0 aromatic heterocycles. The Kier molecular flexibility index (Phi) is 50.3. The lowest BCUT2D eigenvalue weighted by atomic mass is 10.00. The van der Waals surface area contributed by atoms with E-state index in [1.807, 2.05) is 0 Å². The molecule has 0 spiro atoms. The fourth-order valence-electron chi connectivity index (χ4n) is 9.06. The summed E-state index contributed by atoms with van der Waals surface area (Å²) in [5.41, 5.74) is 0. The van der Waals surface area contributed by atoms with Crippen molar-refractivity contribution in [3.63, 3.8) is 0 Å². The van der Waals surface area contributed by atoms with Gasteiger partial charge in [0.25, 0.3) is 0 Å². The van der Waals surface area contributed by atoms with Crippen LogP contribution in [0.2, 0.25) is 0 Å². The fraction of sp³-hybridized carbons (Fsp3) is 0.946. The van der Waals surface area contributed by atoms with Crippen LogP contribution in [0.25, 0.3) is 0 Å². The molecule has 0 radical (unpaired) electrons. The number of amides is 1. The van der Waals surface area contributed by atoms with Gasteiger partial charge in [0.2, 0.25) is 5.91 Å². The maximum absolute atomic E-state index is 12.6. The Hall–Kier alpha value is -0.950. The molecular weight excluding hydrogens is 767 g/mol. The van der Waals surface area contributed by atoms with E-state index in [2.05, 4.69) is 31.3 Å². The van der Waals surface area contributed by atoms with Crippen molar-refractivity contribution >= 4 is 5.91 Å². The second kappa shape index (κ2) is 51.0. The van der Waals surface area contributed by atoms with Gasteiger partial charge < -0.3 is 25.7 Å². The summed E-state index contributed by atoms with van der Waals surface area (Å²) in [7, 11) is 0. The summed E-state index contributed by atoms with van der Waals surface area (Å²) in [6.07, 6.45) is 59.9. The maximum Gasteiger partial charge on any atom is 0.249 e. The minimum absolute atomic E-state index is 0.369. The predicted molar refractivity (Wildman–Crippen MR) is 270 cm³/mol. The van der Waals surface area contributed by atoms with Crippen LogP contribution in [0.4, 0.5) is 0 Å². The van der Waals surface area contributed by atoms with Crippen LogP contribution in [0.1, 0.15) is 309 Å². The summed E-state index contributed by atoms with van der Waals surface area (Å²) in [6.45, 7) is 4.09. The van der Waals surface area contributed by atoms with Crippen LogP contribution in [-0.4, -0.2) is 57.3 Å². The summed E-state index contributed by atoms with van der Waals surface area (Å²) in [6, 6.07) is -0.999. The molecule has 0 fully saturated rings. The number of allylic oxidation sites excluding steroid dienone is 2. The van der Waals surface area contributed by atoms with Crippen LogP contribution in [0.5, 0.6) is 0 Å². The number of unbranched alkanes of at least 4 members (excludes halogenated alkanes) is 41. The van der Waals surface area contributed by atoms with Gasteiger partial charge in [-0.1, -0.05) is 283 Å². The van der Waals surface area contributed by atoms with Crippen molar-refractivity contribution < 1.29 is 25.2 Å². The Balaban J connectivity index is 3.63. The molecule has 0 saturated heterocycles. The molecule has 0 aliphatic heterocycles. The number of rotatable bonds is 52. The van der Waals surface area contributed by atoms with Crippen molar-refractivity contribution in [2.24, 2.45) is 0 Å². The molecule has 0 saturated carbocycles. The van der Waals surface area contributed by atoms with Crippen molar-refractivity contribution in [1.29, 1.82) is 0 Å². The first kappa shape index (κ1) is 61.0. The third-order valence-corrected chi connectivity index (χ3v) is 13.5. The zero-order valence-electron chi connectivity index (χ0n) is 41.9. The lowest BCUT2D eigenvalue weighted by Gasteiger charge is -2.27. The molecule has 5 N–H and O–H groups in total. The summed E-state index contributed by atoms with van der Waals surface area (Å²) in [5.74, 6) is -0.586. The molecule has 0 bridgehead atoms. The molecule has 0 aromatic carbocycles. The van der Waals surface area contributed by atoms with E-state index in [9.17, 15) is 25.2 Å². The highest BCUT2D eigenvalue weighted by atomic mass is 16.3.